The molecule has 0 spiro atoms. The normalized spacial score (nSPS) is 15.6. The minimum absolute atomic E-state index is 0.00841. The van der Waals surface area contributed by atoms with Crippen molar-refractivity contribution >= 4 is 28.6 Å². The van der Waals surface area contributed by atoms with Gasteiger partial charge in [-0.3, -0.25) is 9.78 Å². The summed E-state index contributed by atoms with van der Waals surface area (Å²) in [6, 6.07) is 17.1. The van der Waals surface area contributed by atoms with Gasteiger partial charge in [0.25, 0.3) is 0 Å². The number of ketones is 1. The first kappa shape index (κ1) is 25.3. The van der Waals surface area contributed by atoms with E-state index in [1.54, 1.807) is 11.1 Å². The number of nitrogens with two attached hydrogens (primary N) is 1. The van der Waals surface area contributed by atoms with Gasteiger partial charge >= 0.3 is 6.09 Å². The van der Waals surface area contributed by atoms with Crippen LogP contribution in [0.5, 0.6) is 0 Å². The summed E-state index contributed by atoms with van der Waals surface area (Å²) in [4.78, 5) is 40.2. The summed E-state index contributed by atoms with van der Waals surface area (Å²) < 4.78 is 5.56. The van der Waals surface area contributed by atoms with Crippen molar-refractivity contribution in [2.45, 2.75) is 45.1 Å². The minimum atomic E-state index is -0.538. The van der Waals surface area contributed by atoms with Crippen molar-refractivity contribution in [2.75, 3.05) is 18.8 Å². The first-order valence-corrected chi connectivity index (χ1v) is 12.7. The molecular weight excluding hydrogens is 478 g/mol. The molecule has 1 amide bonds. The lowest BCUT2D eigenvalue weighted by Crippen LogP contribution is -2.35. The number of aromatic nitrogens is 3. The molecule has 0 aliphatic carbocycles. The molecule has 3 heterocycles. The lowest BCUT2D eigenvalue weighted by Gasteiger charge is -2.24. The highest BCUT2D eigenvalue weighted by Gasteiger charge is 2.32. The number of carbonyl (C=O) groups is 2. The Morgan fingerprint density at radius 3 is 2.53 bits per heavy atom. The SMILES string of the molecule is CC(C)(C)OC(=O)N1CCC(c2ccc(-c3ccc(C(=O)Cc4ccccn4)cc3)c3c(N)ncnc23)C1. The number of amides is 1. The molecular formula is C30H31N5O3. The van der Waals surface area contributed by atoms with Gasteiger partial charge in [0.05, 0.1) is 17.3 Å². The lowest BCUT2D eigenvalue weighted by molar-refractivity contribution is 0.0292. The minimum Gasteiger partial charge on any atom is -0.444 e. The lowest BCUT2D eigenvalue weighted by atomic mass is 9.91. The Hall–Kier alpha value is -4.33. The van der Waals surface area contributed by atoms with Crippen LogP contribution in [0, 0.1) is 0 Å². The van der Waals surface area contributed by atoms with E-state index >= 15 is 0 Å². The number of carbonyl (C=O) groups excluding carboxylic acids is 2. The summed E-state index contributed by atoms with van der Waals surface area (Å²) in [5.41, 5.74) is 10.8. The van der Waals surface area contributed by atoms with E-state index in [-0.39, 0.29) is 24.2 Å². The highest BCUT2D eigenvalue weighted by atomic mass is 16.6. The molecule has 8 heteroatoms. The molecule has 1 aliphatic rings. The van der Waals surface area contributed by atoms with Crippen molar-refractivity contribution in [3.8, 4) is 11.1 Å². The molecule has 194 valence electrons. The number of ether oxygens (including phenoxy) is 1. The predicted octanol–water partition coefficient (Wildman–Crippen LogP) is 5.42. The van der Waals surface area contributed by atoms with Gasteiger partial charge in [-0.15, -0.1) is 0 Å². The molecule has 0 bridgehead atoms. The molecule has 1 saturated heterocycles. The average molecular weight is 510 g/mol. The van der Waals surface area contributed by atoms with Gasteiger partial charge in [0, 0.05) is 36.5 Å². The number of hydrogen-bond acceptors (Lipinski definition) is 7. The number of benzene rings is 2. The van der Waals surface area contributed by atoms with E-state index in [0.717, 1.165) is 39.7 Å². The second-order valence-electron chi connectivity index (χ2n) is 10.6. The second-order valence-corrected chi connectivity index (χ2v) is 10.6. The van der Waals surface area contributed by atoms with Crippen molar-refractivity contribution in [1.82, 2.24) is 19.9 Å². The number of hydrogen-bond donors (Lipinski definition) is 1. The predicted molar refractivity (Wildman–Crippen MR) is 147 cm³/mol. The number of pyridine rings is 1. The first-order valence-electron chi connectivity index (χ1n) is 12.7. The zero-order valence-corrected chi connectivity index (χ0v) is 21.8. The molecule has 38 heavy (non-hydrogen) atoms. The maximum absolute atomic E-state index is 12.8. The third kappa shape index (κ3) is 5.34. The van der Waals surface area contributed by atoms with Crippen molar-refractivity contribution < 1.29 is 14.3 Å². The fourth-order valence-electron chi connectivity index (χ4n) is 4.90. The van der Waals surface area contributed by atoms with Crippen molar-refractivity contribution in [3.63, 3.8) is 0 Å². The molecule has 1 fully saturated rings. The summed E-state index contributed by atoms with van der Waals surface area (Å²) in [5, 5.41) is 0.772. The van der Waals surface area contributed by atoms with Crippen LogP contribution >= 0.6 is 0 Å². The molecule has 2 N–H and O–H groups in total. The van der Waals surface area contributed by atoms with Gasteiger partial charge < -0.3 is 15.4 Å². The summed E-state index contributed by atoms with van der Waals surface area (Å²) in [6.45, 7) is 6.78. The van der Waals surface area contributed by atoms with E-state index in [1.807, 2.05) is 69.3 Å². The average Bonchev–Trinajstić information content (AvgIpc) is 3.38. The Morgan fingerprint density at radius 2 is 1.82 bits per heavy atom. The molecule has 2 aromatic carbocycles. The highest BCUT2D eigenvalue weighted by Crippen LogP contribution is 2.38. The number of anilines is 1. The Kier molecular flexibility index (Phi) is 6.80. The Balaban J connectivity index is 1.41. The van der Waals surface area contributed by atoms with Gasteiger partial charge in [-0.25, -0.2) is 14.8 Å². The quantitative estimate of drug-likeness (QED) is 0.357. The van der Waals surface area contributed by atoms with Crippen LogP contribution in [0.1, 0.15) is 54.7 Å². The van der Waals surface area contributed by atoms with E-state index in [2.05, 4.69) is 21.0 Å². The maximum Gasteiger partial charge on any atom is 0.410 e. The highest BCUT2D eigenvalue weighted by molar-refractivity contribution is 6.03. The number of fused-ring (bicyclic) bond motifs is 1. The van der Waals surface area contributed by atoms with Crippen molar-refractivity contribution in [3.05, 3.63) is 83.9 Å². The third-order valence-electron chi connectivity index (χ3n) is 6.71. The summed E-state index contributed by atoms with van der Waals surface area (Å²) in [5.74, 6) is 0.512. The standard InChI is InChI=1S/C30H31N5O3/c1-30(2,3)38-29(37)35-15-13-21(17-35)24-12-11-23(26-27(24)33-18-34-28(26)31)19-7-9-20(10-8-19)25(36)16-22-6-4-5-14-32-22/h4-12,14,18,21H,13,15-17H2,1-3H3,(H2,31,33,34). The summed E-state index contributed by atoms with van der Waals surface area (Å²) in [7, 11) is 0. The number of nitrogen functional groups attached to an aromatic ring is 1. The first-order chi connectivity index (χ1) is 18.2. The molecule has 2 aromatic heterocycles. The molecule has 5 rings (SSSR count). The van der Waals surface area contributed by atoms with E-state index in [9.17, 15) is 9.59 Å². The number of nitrogens with zero attached hydrogens (tertiary/aromatic N) is 4. The van der Waals surface area contributed by atoms with Crippen molar-refractivity contribution in [1.29, 1.82) is 0 Å². The van der Waals surface area contributed by atoms with Crippen LogP contribution in [0.25, 0.3) is 22.0 Å². The summed E-state index contributed by atoms with van der Waals surface area (Å²) >= 11 is 0. The molecule has 1 unspecified atom stereocenters. The van der Waals surface area contributed by atoms with Gasteiger partial charge in [-0.1, -0.05) is 42.5 Å². The maximum atomic E-state index is 12.8. The summed E-state index contributed by atoms with van der Waals surface area (Å²) in [6.07, 6.45) is 3.93. The van der Waals surface area contributed by atoms with Crippen LogP contribution in [0.15, 0.2) is 67.1 Å². The van der Waals surface area contributed by atoms with Gasteiger partial charge in [0.15, 0.2) is 5.78 Å². The van der Waals surface area contributed by atoms with Gasteiger partial charge in [0.1, 0.15) is 17.7 Å². The fraction of sp³-hybridized carbons (Fsp3) is 0.300. The fourth-order valence-corrected chi connectivity index (χ4v) is 4.90. The topological polar surface area (TPSA) is 111 Å². The number of rotatable bonds is 5. The number of Topliss-reactive ketones (excluding diaryl/α,β-unsaturated/α-hetero) is 1. The zero-order chi connectivity index (χ0) is 26.9. The largest absolute Gasteiger partial charge is 0.444 e. The Morgan fingerprint density at radius 1 is 1.03 bits per heavy atom. The molecule has 1 aliphatic heterocycles. The van der Waals surface area contributed by atoms with Crippen LogP contribution < -0.4 is 5.73 Å². The molecule has 8 nitrogen and oxygen atoms in total. The van der Waals surface area contributed by atoms with Gasteiger partial charge in [-0.05, 0) is 56.0 Å². The zero-order valence-electron chi connectivity index (χ0n) is 21.8. The van der Waals surface area contributed by atoms with Crippen LogP contribution in [-0.4, -0.2) is 50.4 Å². The Bertz CT molecular complexity index is 1480. The Labute approximate surface area is 221 Å². The molecule has 0 saturated carbocycles. The van der Waals surface area contributed by atoms with Crippen LogP contribution in [0.2, 0.25) is 0 Å². The van der Waals surface area contributed by atoms with E-state index < -0.39 is 5.60 Å². The van der Waals surface area contributed by atoms with E-state index in [1.165, 1.54) is 6.33 Å². The van der Waals surface area contributed by atoms with Gasteiger partial charge in [0.2, 0.25) is 0 Å². The van der Waals surface area contributed by atoms with E-state index in [4.69, 9.17) is 10.5 Å². The monoisotopic (exact) mass is 509 g/mol. The smallest absolute Gasteiger partial charge is 0.410 e. The third-order valence-corrected chi connectivity index (χ3v) is 6.71. The molecule has 4 aromatic rings. The van der Waals surface area contributed by atoms with E-state index in [0.29, 0.717) is 24.5 Å². The molecule has 0 radical (unpaired) electrons. The molecule has 1 atom stereocenters. The number of likely N-dealkylation sites (tertiary alicyclic amines) is 1. The van der Waals surface area contributed by atoms with Crippen LogP contribution in [0.3, 0.4) is 0 Å². The van der Waals surface area contributed by atoms with Crippen LogP contribution in [0.4, 0.5) is 10.6 Å². The van der Waals surface area contributed by atoms with Gasteiger partial charge in [-0.2, -0.15) is 0 Å². The van der Waals surface area contributed by atoms with Crippen molar-refractivity contribution in [2.24, 2.45) is 0 Å². The second kappa shape index (κ2) is 10.2. The van der Waals surface area contributed by atoms with Crippen LogP contribution in [-0.2, 0) is 11.2 Å².